The first-order chi connectivity index (χ1) is 11.0. The molecule has 1 atom stereocenters. The van der Waals surface area contributed by atoms with Gasteiger partial charge in [-0.3, -0.25) is 4.79 Å². The van der Waals surface area contributed by atoms with Crippen molar-refractivity contribution in [1.82, 2.24) is 0 Å². The third-order valence-electron chi connectivity index (χ3n) is 3.26. The van der Waals surface area contributed by atoms with Crippen LogP contribution in [0.15, 0.2) is 0 Å². The van der Waals surface area contributed by atoms with E-state index >= 15 is 0 Å². The molecule has 0 aliphatic carbocycles. The molecule has 0 fully saturated rings. The highest BCUT2D eigenvalue weighted by molar-refractivity contribution is 8.00. The molecule has 144 valence electrons. The zero-order valence-electron chi connectivity index (χ0n) is 14.4. The lowest BCUT2D eigenvalue weighted by molar-refractivity contribution is -0.284. The van der Waals surface area contributed by atoms with E-state index in [0.717, 1.165) is 12.8 Å². The third-order valence-corrected chi connectivity index (χ3v) is 4.62. The summed E-state index contributed by atoms with van der Waals surface area (Å²) in [7, 11) is 0. The Morgan fingerprint density at radius 1 is 1.08 bits per heavy atom. The lowest BCUT2D eigenvalue weighted by Gasteiger charge is -2.19. The molecule has 0 N–H and O–H groups in total. The maximum Gasteiger partial charge on any atom is 0.453 e. The number of thioether (sulfide) groups is 1. The maximum atomic E-state index is 12.8. The van der Waals surface area contributed by atoms with Gasteiger partial charge in [-0.15, -0.1) is 11.8 Å². The molecule has 24 heavy (non-hydrogen) atoms. The molecule has 0 rings (SSSR count). The van der Waals surface area contributed by atoms with Crippen LogP contribution in [0.2, 0.25) is 0 Å². The zero-order chi connectivity index (χ0) is 18.8. The van der Waals surface area contributed by atoms with Crippen molar-refractivity contribution in [3.8, 4) is 0 Å². The van der Waals surface area contributed by atoms with E-state index in [1.54, 1.807) is 0 Å². The highest BCUT2D eigenvalue weighted by Crippen LogP contribution is 2.39. The first kappa shape index (κ1) is 23.5. The molecule has 0 radical (unpaired) electrons. The number of esters is 1. The SMILES string of the molecule is CCCCC(SCCCCC(F)(F)C(F)(F)F)C(=O)OCC(C)C. The number of ether oxygens (including phenoxy) is 1. The number of alkyl halides is 5. The Bertz CT molecular complexity index is 359. The van der Waals surface area contributed by atoms with E-state index in [1.807, 2.05) is 20.8 Å². The molecular formula is C16H27F5O2S. The molecule has 0 aromatic rings. The van der Waals surface area contributed by atoms with Crippen molar-refractivity contribution in [3.63, 3.8) is 0 Å². The molecule has 0 heterocycles. The first-order valence-corrected chi connectivity index (χ1v) is 9.29. The van der Waals surface area contributed by atoms with Crippen LogP contribution in [0, 0.1) is 5.92 Å². The number of hydrogen-bond donors (Lipinski definition) is 0. The molecule has 0 aliphatic heterocycles. The largest absolute Gasteiger partial charge is 0.465 e. The average Bonchev–Trinajstić information content (AvgIpc) is 2.46. The summed E-state index contributed by atoms with van der Waals surface area (Å²) in [4.78, 5) is 12.0. The van der Waals surface area contributed by atoms with E-state index in [1.165, 1.54) is 11.8 Å². The van der Waals surface area contributed by atoms with Crippen molar-refractivity contribution in [3.05, 3.63) is 0 Å². The van der Waals surface area contributed by atoms with Crippen LogP contribution >= 0.6 is 11.8 Å². The van der Waals surface area contributed by atoms with Crippen LogP contribution in [0.1, 0.15) is 59.3 Å². The van der Waals surface area contributed by atoms with E-state index in [0.29, 0.717) is 18.8 Å². The summed E-state index contributed by atoms with van der Waals surface area (Å²) in [6.07, 6.45) is -4.37. The lowest BCUT2D eigenvalue weighted by Crippen LogP contribution is -2.36. The quantitative estimate of drug-likeness (QED) is 0.242. The van der Waals surface area contributed by atoms with Gasteiger partial charge in [0.25, 0.3) is 0 Å². The van der Waals surface area contributed by atoms with Gasteiger partial charge in [-0.25, -0.2) is 0 Å². The standard InChI is InChI=1S/C16H27F5O2S/c1-4-5-8-13(14(22)23-11-12(2)3)24-10-7-6-9-15(17,18)16(19,20)21/h12-13H,4-11H2,1-3H3. The Hall–Kier alpha value is -0.530. The van der Waals surface area contributed by atoms with Crippen LogP contribution in [0.3, 0.4) is 0 Å². The number of rotatable bonds is 12. The van der Waals surface area contributed by atoms with Gasteiger partial charge in [0.1, 0.15) is 5.25 Å². The Labute approximate surface area is 144 Å². The van der Waals surface area contributed by atoms with Crippen LogP contribution in [-0.4, -0.2) is 35.7 Å². The monoisotopic (exact) mass is 378 g/mol. The molecule has 0 saturated heterocycles. The summed E-state index contributed by atoms with van der Waals surface area (Å²) in [5.74, 6) is -4.40. The highest BCUT2D eigenvalue weighted by Gasteiger charge is 2.56. The Morgan fingerprint density at radius 3 is 2.21 bits per heavy atom. The number of carbonyl (C=O) groups excluding carboxylic acids is 1. The molecule has 2 nitrogen and oxygen atoms in total. The summed E-state index contributed by atoms with van der Waals surface area (Å²) in [5.41, 5.74) is 0. The molecule has 0 amide bonds. The van der Waals surface area contributed by atoms with Gasteiger partial charge in [-0.05, 0) is 30.9 Å². The average molecular weight is 378 g/mol. The fourth-order valence-corrected chi connectivity index (χ4v) is 3.01. The number of halogens is 5. The predicted molar refractivity (Wildman–Crippen MR) is 86.4 cm³/mol. The smallest absolute Gasteiger partial charge is 0.453 e. The second-order valence-electron chi connectivity index (χ2n) is 6.18. The molecule has 0 bridgehead atoms. The van der Waals surface area contributed by atoms with Crippen molar-refractivity contribution < 1.29 is 31.5 Å². The van der Waals surface area contributed by atoms with Crippen molar-refractivity contribution >= 4 is 17.7 Å². The Morgan fingerprint density at radius 2 is 1.71 bits per heavy atom. The van der Waals surface area contributed by atoms with Crippen LogP contribution < -0.4 is 0 Å². The molecule has 0 aliphatic rings. The van der Waals surface area contributed by atoms with Crippen LogP contribution in [0.4, 0.5) is 22.0 Å². The van der Waals surface area contributed by atoms with Gasteiger partial charge in [-0.2, -0.15) is 22.0 Å². The second kappa shape index (κ2) is 11.2. The van der Waals surface area contributed by atoms with Crippen molar-refractivity contribution in [2.45, 2.75) is 76.6 Å². The van der Waals surface area contributed by atoms with Gasteiger partial charge in [0.2, 0.25) is 0 Å². The van der Waals surface area contributed by atoms with E-state index in [-0.39, 0.29) is 30.0 Å². The van der Waals surface area contributed by atoms with E-state index in [2.05, 4.69) is 0 Å². The van der Waals surface area contributed by atoms with Gasteiger partial charge >= 0.3 is 18.1 Å². The Balaban J connectivity index is 4.21. The molecule has 0 aromatic heterocycles. The van der Waals surface area contributed by atoms with E-state index in [4.69, 9.17) is 4.74 Å². The van der Waals surface area contributed by atoms with Crippen LogP contribution in [0.5, 0.6) is 0 Å². The number of unbranched alkanes of at least 4 members (excludes halogenated alkanes) is 2. The van der Waals surface area contributed by atoms with E-state index in [9.17, 15) is 26.7 Å². The van der Waals surface area contributed by atoms with Crippen molar-refractivity contribution in [2.75, 3.05) is 12.4 Å². The van der Waals surface area contributed by atoms with Gasteiger partial charge in [-0.1, -0.05) is 33.6 Å². The van der Waals surface area contributed by atoms with Crippen molar-refractivity contribution in [1.29, 1.82) is 0 Å². The zero-order valence-corrected chi connectivity index (χ0v) is 15.2. The van der Waals surface area contributed by atoms with Gasteiger partial charge in [0.05, 0.1) is 6.61 Å². The molecule has 0 saturated carbocycles. The maximum absolute atomic E-state index is 12.8. The normalized spacial score (nSPS) is 14.0. The van der Waals surface area contributed by atoms with Gasteiger partial charge in [0, 0.05) is 6.42 Å². The van der Waals surface area contributed by atoms with Gasteiger partial charge in [0.15, 0.2) is 0 Å². The summed E-state index contributed by atoms with van der Waals surface area (Å²) >= 11 is 1.28. The lowest BCUT2D eigenvalue weighted by atomic mass is 10.1. The third kappa shape index (κ3) is 9.69. The number of carbonyl (C=O) groups is 1. The summed E-state index contributed by atoms with van der Waals surface area (Å²) < 4.78 is 66.9. The second-order valence-corrected chi connectivity index (χ2v) is 7.50. The molecule has 1 unspecified atom stereocenters. The fraction of sp³-hybridized carbons (Fsp3) is 0.938. The topological polar surface area (TPSA) is 26.3 Å². The molecular weight excluding hydrogens is 351 g/mol. The minimum absolute atomic E-state index is 0.205. The minimum atomic E-state index is -5.50. The first-order valence-electron chi connectivity index (χ1n) is 8.24. The highest BCUT2D eigenvalue weighted by atomic mass is 32.2. The molecule has 0 spiro atoms. The molecule has 0 aromatic carbocycles. The van der Waals surface area contributed by atoms with Crippen LogP contribution in [0.25, 0.3) is 0 Å². The summed E-state index contributed by atoms with van der Waals surface area (Å²) in [6.45, 7) is 6.14. The number of hydrogen-bond acceptors (Lipinski definition) is 3. The minimum Gasteiger partial charge on any atom is -0.465 e. The predicted octanol–water partition coefficient (Wildman–Crippen LogP) is 5.85. The summed E-state index contributed by atoms with van der Waals surface area (Å²) in [5, 5.41) is -0.383. The van der Waals surface area contributed by atoms with E-state index < -0.39 is 18.5 Å². The van der Waals surface area contributed by atoms with Crippen LogP contribution in [-0.2, 0) is 9.53 Å². The summed E-state index contributed by atoms with van der Waals surface area (Å²) in [6, 6.07) is 0. The van der Waals surface area contributed by atoms with Crippen molar-refractivity contribution in [2.24, 2.45) is 5.92 Å². The van der Waals surface area contributed by atoms with Gasteiger partial charge < -0.3 is 4.74 Å². The molecule has 8 heteroatoms. The Kier molecular flexibility index (Phi) is 10.9. The fourth-order valence-electron chi connectivity index (χ4n) is 1.82.